The molecule has 1 aromatic carbocycles. The molecule has 1 saturated heterocycles. The van der Waals surface area contributed by atoms with E-state index < -0.39 is 0 Å². The highest BCUT2D eigenvalue weighted by atomic mass is 32.2. The Morgan fingerprint density at radius 2 is 2.08 bits per heavy atom. The number of rotatable bonds is 5. The number of carbonyl (C=O) groups is 2. The third-order valence-corrected chi connectivity index (χ3v) is 5.81. The van der Waals surface area contributed by atoms with Crippen molar-refractivity contribution in [2.75, 3.05) is 24.7 Å². The molecule has 1 aliphatic heterocycles. The van der Waals surface area contributed by atoms with Gasteiger partial charge in [-0.2, -0.15) is 0 Å². The number of thioether (sulfide) groups is 1. The van der Waals surface area contributed by atoms with Gasteiger partial charge in [0.1, 0.15) is 0 Å². The number of anilines is 1. The van der Waals surface area contributed by atoms with E-state index >= 15 is 0 Å². The van der Waals surface area contributed by atoms with Gasteiger partial charge in [0.2, 0.25) is 11.8 Å². The Labute approximate surface area is 150 Å². The highest BCUT2D eigenvalue weighted by molar-refractivity contribution is 7.98. The van der Waals surface area contributed by atoms with Gasteiger partial charge >= 0.3 is 0 Å². The SMILES string of the molecule is CSc1ccc(N2C[C@H](C(=O)N(C)Cc3cccs3)CC2=O)cc1. The third kappa shape index (κ3) is 3.65. The van der Waals surface area contributed by atoms with Gasteiger partial charge in [0.15, 0.2) is 0 Å². The second kappa shape index (κ2) is 7.40. The predicted molar refractivity (Wildman–Crippen MR) is 99.5 cm³/mol. The Balaban J connectivity index is 1.65. The van der Waals surface area contributed by atoms with Gasteiger partial charge in [-0.05, 0) is 42.0 Å². The van der Waals surface area contributed by atoms with E-state index in [0.717, 1.165) is 15.5 Å². The summed E-state index contributed by atoms with van der Waals surface area (Å²) in [5.41, 5.74) is 0.869. The van der Waals surface area contributed by atoms with Crippen molar-refractivity contribution in [3.8, 4) is 0 Å². The van der Waals surface area contributed by atoms with Crippen molar-refractivity contribution in [2.45, 2.75) is 17.9 Å². The second-order valence-corrected chi connectivity index (χ2v) is 7.79. The molecule has 2 aromatic rings. The van der Waals surface area contributed by atoms with Crippen LogP contribution in [0.5, 0.6) is 0 Å². The Bertz CT molecular complexity index is 713. The fraction of sp³-hybridized carbons (Fsp3) is 0.333. The van der Waals surface area contributed by atoms with Gasteiger partial charge in [-0.3, -0.25) is 9.59 Å². The van der Waals surface area contributed by atoms with Crippen molar-refractivity contribution in [1.29, 1.82) is 0 Å². The molecule has 3 rings (SSSR count). The molecular weight excluding hydrogens is 340 g/mol. The van der Waals surface area contributed by atoms with E-state index in [9.17, 15) is 9.59 Å². The maximum Gasteiger partial charge on any atom is 0.228 e. The number of hydrogen-bond donors (Lipinski definition) is 0. The molecule has 2 heterocycles. The van der Waals surface area contributed by atoms with Crippen LogP contribution in [0.15, 0.2) is 46.7 Å². The van der Waals surface area contributed by atoms with Crippen LogP contribution in [0.3, 0.4) is 0 Å². The molecule has 0 spiro atoms. The maximum atomic E-state index is 12.6. The fourth-order valence-corrected chi connectivity index (χ4v) is 4.08. The summed E-state index contributed by atoms with van der Waals surface area (Å²) in [7, 11) is 1.81. The Kier molecular flexibility index (Phi) is 5.26. The third-order valence-electron chi connectivity index (χ3n) is 4.21. The lowest BCUT2D eigenvalue weighted by atomic mass is 10.1. The number of nitrogens with zero attached hydrogens (tertiary/aromatic N) is 2. The number of amides is 2. The summed E-state index contributed by atoms with van der Waals surface area (Å²) in [4.78, 5) is 30.7. The first-order valence-electron chi connectivity index (χ1n) is 7.80. The molecule has 0 bridgehead atoms. The molecule has 1 aromatic heterocycles. The van der Waals surface area contributed by atoms with Gasteiger partial charge in [0, 0.05) is 35.5 Å². The van der Waals surface area contributed by atoms with Crippen LogP contribution in [0.25, 0.3) is 0 Å². The molecule has 24 heavy (non-hydrogen) atoms. The number of thiophene rings is 1. The van der Waals surface area contributed by atoms with Gasteiger partial charge in [0.25, 0.3) is 0 Å². The van der Waals surface area contributed by atoms with Gasteiger partial charge < -0.3 is 9.80 Å². The summed E-state index contributed by atoms with van der Waals surface area (Å²) in [6, 6.07) is 11.9. The van der Waals surface area contributed by atoms with E-state index in [0.29, 0.717) is 13.1 Å². The first-order chi connectivity index (χ1) is 11.6. The number of benzene rings is 1. The van der Waals surface area contributed by atoms with E-state index in [1.807, 2.05) is 55.1 Å². The number of hydrogen-bond acceptors (Lipinski definition) is 4. The fourth-order valence-electron chi connectivity index (χ4n) is 2.91. The lowest BCUT2D eigenvalue weighted by Crippen LogP contribution is -2.34. The Hall–Kier alpha value is -1.79. The molecule has 6 heteroatoms. The van der Waals surface area contributed by atoms with E-state index in [1.54, 1.807) is 32.9 Å². The van der Waals surface area contributed by atoms with Gasteiger partial charge in [-0.1, -0.05) is 6.07 Å². The Morgan fingerprint density at radius 1 is 1.33 bits per heavy atom. The summed E-state index contributed by atoms with van der Waals surface area (Å²) in [5.74, 6) is -0.197. The maximum absolute atomic E-state index is 12.6. The van der Waals surface area contributed by atoms with Crippen molar-refractivity contribution in [3.63, 3.8) is 0 Å². The number of carbonyl (C=O) groups excluding carboxylic acids is 2. The minimum absolute atomic E-state index is 0.0229. The minimum atomic E-state index is -0.261. The Morgan fingerprint density at radius 3 is 2.71 bits per heavy atom. The highest BCUT2D eigenvalue weighted by Gasteiger charge is 2.36. The smallest absolute Gasteiger partial charge is 0.228 e. The van der Waals surface area contributed by atoms with Crippen molar-refractivity contribution >= 4 is 40.6 Å². The van der Waals surface area contributed by atoms with E-state index in [4.69, 9.17) is 0 Å². The molecule has 1 atom stereocenters. The van der Waals surface area contributed by atoms with Crippen LogP contribution in [0.1, 0.15) is 11.3 Å². The zero-order valence-electron chi connectivity index (χ0n) is 13.8. The zero-order valence-corrected chi connectivity index (χ0v) is 15.4. The molecule has 0 N–H and O–H groups in total. The molecule has 0 radical (unpaired) electrons. The van der Waals surface area contributed by atoms with E-state index in [2.05, 4.69) is 0 Å². The first-order valence-corrected chi connectivity index (χ1v) is 9.90. The highest BCUT2D eigenvalue weighted by Crippen LogP contribution is 2.28. The van der Waals surface area contributed by atoms with Crippen LogP contribution in [0.4, 0.5) is 5.69 Å². The average molecular weight is 361 g/mol. The van der Waals surface area contributed by atoms with Crippen LogP contribution in [0.2, 0.25) is 0 Å². The molecule has 2 amide bonds. The van der Waals surface area contributed by atoms with Crippen molar-refractivity contribution < 1.29 is 9.59 Å². The lowest BCUT2D eigenvalue weighted by molar-refractivity contribution is -0.135. The van der Waals surface area contributed by atoms with Gasteiger partial charge in [-0.15, -0.1) is 23.1 Å². The van der Waals surface area contributed by atoms with Crippen LogP contribution in [0, 0.1) is 5.92 Å². The van der Waals surface area contributed by atoms with E-state index in [1.165, 1.54) is 0 Å². The topological polar surface area (TPSA) is 40.6 Å². The molecule has 0 saturated carbocycles. The molecule has 4 nitrogen and oxygen atoms in total. The van der Waals surface area contributed by atoms with Crippen LogP contribution < -0.4 is 4.90 Å². The summed E-state index contributed by atoms with van der Waals surface area (Å²) < 4.78 is 0. The van der Waals surface area contributed by atoms with Crippen molar-refractivity contribution in [2.24, 2.45) is 5.92 Å². The average Bonchev–Trinajstić information content (AvgIpc) is 3.24. The van der Waals surface area contributed by atoms with Crippen LogP contribution in [-0.4, -0.2) is 36.6 Å². The molecule has 1 fully saturated rings. The largest absolute Gasteiger partial charge is 0.340 e. The summed E-state index contributed by atoms with van der Waals surface area (Å²) in [6.07, 6.45) is 2.31. The minimum Gasteiger partial charge on any atom is -0.340 e. The molecule has 0 aliphatic carbocycles. The van der Waals surface area contributed by atoms with Crippen molar-refractivity contribution in [1.82, 2.24) is 4.90 Å². The lowest BCUT2D eigenvalue weighted by Gasteiger charge is -2.21. The standard InChI is InChI=1S/C18H20N2O2S2/c1-19(12-16-4-3-9-24-16)18(22)13-10-17(21)20(11-13)14-5-7-15(23-2)8-6-14/h3-9,13H,10-12H2,1-2H3/t13-/m1/s1. The van der Waals surface area contributed by atoms with Crippen LogP contribution >= 0.6 is 23.1 Å². The quantitative estimate of drug-likeness (QED) is 0.767. The normalized spacial score (nSPS) is 17.3. The molecule has 126 valence electrons. The molecule has 1 aliphatic rings. The molecular formula is C18H20N2O2S2. The van der Waals surface area contributed by atoms with Gasteiger partial charge in [0.05, 0.1) is 12.5 Å². The monoisotopic (exact) mass is 360 g/mol. The van der Waals surface area contributed by atoms with Crippen LogP contribution in [-0.2, 0) is 16.1 Å². The summed E-state index contributed by atoms with van der Waals surface area (Å²) >= 11 is 3.31. The predicted octanol–water partition coefficient (Wildman–Crippen LogP) is 3.48. The first kappa shape index (κ1) is 17.0. The zero-order chi connectivity index (χ0) is 17.1. The van der Waals surface area contributed by atoms with Crippen molar-refractivity contribution in [3.05, 3.63) is 46.7 Å². The summed E-state index contributed by atoms with van der Waals surface area (Å²) in [6.45, 7) is 1.06. The second-order valence-electron chi connectivity index (χ2n) is 5.88. The van der Waals surface area contributed by atoms with Gasteiger partial charge in [-0.25, -0.2) is 0 Å². The van der Waals surface area contributed by atoms with E-state index in [-0.39, 0.29) is 24.2 Å². The summed E-state index contributed by atoms with van der Waals surface area (Å²) in [5, 5.41) is 2.01. The molecule has 0 unspecified atom stereocenters.